The van der Waals surface area contributed by atoms with Gasteiger partial charge in [-0.25, -0.2) is 0 Å². The quantitative estimate of drug-likeness (QED) is 0.525. The van der Waals surface area contributed by atoms with Crippen LogP contribution in [-0.4, -0.2) is 26.9 Å². The minimum absolute atomic E-state index is 0.512. The molecule has 0 unspecified atom stereocenters. The van der Waals surface area contributed by atoms with Gasteiger partial charge in [-0.1, -0.05) is 45.8 Å². The topological polar surface area (TPSA) is 39.7 Å². The lowest BCUT2D eigenvalue weighted by Crippen LogP contribution is -2.16. The summed E-state index contributed by atoms with van der Waals surface area (Å²) in [7, 11) is 1.67. The monoisotopic (exact) mass is 421 g/mol. The first-order valence-corrected chi connectivity index (χ1v) is 9.76. The van der Waals surface area contributed by atoms with Crippen LogP contribution in [0.25, 0.3) is 0 Å². The van der Waals surface area contributed by atoms with Gasteiger partial charge in [0.05, 0.1) is 7.11 Å². The summed E-state index contributed by atoms with van der Waals surface area (Å²) in [6, 6.07) is 12.3. The largest absolute Gasteiger partial charge is 0.493 e. The molecule has 1 N–H and O–H groups in total. The maximum absolute atomic E-state index is 5.97. The molecule has 0 aliphatic rings. The Labute approximate surface area is 165 Å². The van der Waals surface area contributed by atoms with Gasteiger partial charge in [0.15, 0.2) is 11.5 Å². The van der Waals surface area contributed by atoms with Gasteiger partial charge in [0, 0.05) is 24.2 Å². The van der Waals surface area contributed by atoms with E-state index in [-0.39, 0.29) is 0 Å². The van der Waals surface area contributed by atoms with Gasteiger partial charge in [-0.15, -0.1) is 0 Å². The Morgan fingerprint density at radius 2 is 1.85 bits per heavy atom. The van der Waals surface area contributed by atoms with Gasteiger partial charge in [0.25, 0.3) is 0 Å². The summed E-state index contributed by atoms with van der Waals surface area (Å²) in [5, 5.41) is 3.43. The van der Waals surface area contributed by atoms with E-state index < -0.39 is 0 Å². The Bertz CT molecular complexity index is 674. The van der Waals surface area contributed by atoms with Crippen molar-refractivity contribution in [2.24, 2.45) is 0 Å². The molecule has 0 fully saturated rings. The Balaban J connectivity index is 1.93. The first-order valence-electron chi connectivity index (χ1n) is 8.97. The van der Waals surface area contributed by atoms with E-state index in [4.69, 9.17) is 14.2 Å². The lowest BCUT2D eigenvalue weighted by molar-refractivity contribution is 0.144. The number of hydrogen-bond donors (Lipinski definition) is 1. The maximum Gasteiger partial charge on any atom is 0.162 e. The van der Waals surface area contributed by atoms with Gasteiger partial charge in [-0.2, -0.15) is 0 Å². The second-order valence-corrected chi connectivity index (χ2v) is 6.95. The van der Waals surface area contributed by atoms with Crippen molar-refractivity contribution in [1.82, 2.24) is 5.32 Å². The first kappa shape index (κ1) is 20.7. The molecule has 0 amide bonds. The van der Waals surface area contributed by atoms with Gasteiger partial charge in [0.2, 0.25) is 0 Å². The molecule has 0 radical (unpaired) electrons. The number of rotatable bonds is 11. The highest BCUT2D eigenvalue weighted by atomic mass is 79.9. The number of halogens is 1. The molecule has 0 aromatic heterocycles. The van der Waals surface area contributed by atoms with Crippen molar-refractivity contribution < 1.29 is 14.2 Å². The summed E-state index contributed by atoms with van der Waals surface area (Å²) in [5.41, 5.74) is 3.52. The van der Waals surface area contributed by atoms with E-state index in [2.05, 4.69) is 52.4 Å². The normalized spacial score (nSPS) is 10.8. The fourth-order valence-corrected chi connectivity index (χ4v) is 2.96. The van der Waals surface area contributed by atoms with Crippen LogP contribution in [0.1, 0.15) is 30.0 Å². The number of nitrogens with one attached hydrogen (secondary N) is 1. The highest BCUT2D eigenvalue weighted by Gasteiger charge is 2.10. The van der Waals surface area contributed by atoms with E-state index in [1.165, 1.54) is 5.56 Å². The van der Waals surface area contributed by atoms with Crippen LogP contribution in [0.3, 0.4) is 0 Å². The molecular formula is C21H28BrNO3. The second-order valence-electron chi connectivity index (χ2n) is 6.10. The summed E-state index contributed by atoms with van der Waals surface area (Å²) in [6.45, 7) is 7.85. The lowest BCUT2D eigenvalue weighted by Gasteiger charge is -2.15. The van der Waals surface area contributed by atoms with E-state index in [1.54, 1.807) is 7.11 Å². The number of aryl methyl sites for hydroxylation is 1. The maximum atomic E-state index is 5.97. The van der Waals surface area contributed by atoms with Crippen LogP contribution < -0.4 is 14.8 Å². The van der Waals surface area contributed by atoms with Crippen LogP contribution >= 0.6 is 15.9 Å². The molecule has 0 saturated carbocycles. The van der Waals surface area contributed by atoms with Gasteiger partial charge in [0.1, 0.15) is 6.61 Å². The molecule has 5 heteroatoms. The summed E-state index contributed by atoms with van der Waals surface area (Å²) in [4.78, 5) is 0. The Hall–Kier alpha value is -1.56. The molecule has 0 atom stereocenters. The van der Waals surface area contributed by atoms with Crippen LogP contribution in [0, 0.1) is 6.92 Å². The van der Waals surface area contributed by atoms with Crippen molar-refractivity contribution in [1.29, 1.82) is 0 Å². The first-order chi connectivity index (χ1) is 12.6. The molecule has 4 nitrogen and oxygen atoms in total. The molecule has 2 rings (SSSR count). The highest BCUT2D eigenvalue weighted by Crippen LogP contribution is 2.34. The average Bonchev–Trinajstić information content (AvgIpc) is 2.65. The number of ether oxygens (including phenoxy) is 3. The molecule has 2 aromatic rings. The summed E-state index contributed by atoms with van der Waals surface area (Å²) < 4.78 is 17.8. The van der Waals surface area contributed by atoms with Crippen LogP contribution in [0.4, 0.5) is 0 Å². The minimum atomic E-state index is 0.512. The number of methoxy groups -OCH3 is 1. The number of benzene rings is 2. The molecule has 0 aliphatic heterocycles. The summed E-state index contributed by atoms with van der Waals surface area (Å²) in [5.74, 6) is 1.48. The average molecular weight is 422 g/mol. The fraction of sp³-hybridized carbons (Fsp3) is 0.429. The van der Waals surface area contributed by atoms with Crippen LogP contribution in [-0.2, 0) is 17.9 Å². The lowest BCUT2D eigenvalue weighted by atomic mass is 10.1. The van der Waals surface area contributed by atoms with Crippen molar-refractivity contribution in [2.45, 2.75) is 33.4 Å². The van der Waals surface area contributed by atoms with E-state index in [0.717, 1.165) is 59.8 Å². The van der Waals surface area contributed by atoms with Crippen molar-refractivity contribution in [3.63, 3.8) is 0 Å². The third-order valence-electron chi connectivity index (χ3n) is 4.01. The molecule has 142 valence electrons. The van der Waals surface area contributed by atoms with Crippen LogP contribution in [0.2, 0.25) is 0 Å². The molecule has 0 saturated heterocycles. The SMILES string of the molecule is CCOCCCNCc1cc(OC)c(OCc2ccc(C)cc2)cc1Br. The molecular weight excluding hydrogens is 394 g/mol. The highest BCUT2D eigenvalue weighted by molar-refractivity contribution is 9.10. The Morgan fingerprint density at radius 3 is 2.54 bits per heavy atom. The Morgan fingerprint density at radius 1 is 1.08 bits per heavy atom. The molecule has 0 bridgehead atoms. The fourth-order valence-electron chi connectivity index (χ4n) is 2.50. The van der Waals surface area contributed by atoms with Crippen molar-refractivity contribution >= 4 is 15.9 Å². The van der Waals surface area contributed by atoms with Gasteiger partial charge in [-0.05, 0) is 50.1 Å². The Kier molecular flexibility index (Phi) is 8.95. The smallest absolute Gasteiger partial charge is 0.162 e. The van der Waals surface area contributed by atoms with E-state index in [0.29, 0.717) is 6.61 Å². The van der Waals surface area contributed by atoms with Crippen molar-refractivity contribution in [3.8, 4) is 11.5 Å². The third kappa shape index (κ3) is 6.63. The molecule has 0 aliphatic carbocycles. The zero-order chi connectivity index (χ0) is 18.8. The zero-order valence-electron chi connectivity index (χ0n) is 15.8. The third-order valence-corrected chi connectivity index (χ3v) is 4.75. The van der Waals surface area contributed by atoms with Crippen LogP contribution in [0.5, 0.6) is 11.5 Å². The van der Waals surface area contributed by atoms with Crippen LogP contribution in [0.15, 0.2) is 40.9 Å². The predicted molar refractivity (Wildman–Crippen MR) is 109 cm³/mol. The van der Waals surface area contributed by atoms with E-state index in [1.807, 2.05) is 19.1 Å². The zero-order valence-corrected chi connectivity index (χ0v) is 17.4. The van der Waals surface area contributed by atoms with Crippen molar-refractivity contribution in [3.05, 3.63) is 57.6 Å². The molecule has 0 heterocycles. The summed E-state index contributed by atoms with van der Waals surface area (Å²) >= 11 is 3.64. The van der Waals surface area contributed by atoms with Gasteiger partial charge < -0.3 is 19.5 Å². The van der Waals surface area contributed by atoms with Crippen molar-refractivity contribution in [2.75, 3.05) is 26.9 Å². The van der Waals surface area contributed by atoms with E-state index >= 15 is 0 Å². The molecule has 0 spiro atoms. The second kappa shape index (κ2) is 11.2. The van der Waals surface area contributed by atoms with Gasteiger partial charge >= 0.3 is 0 Å². The minimum Gasteiger partial charge on any atom is -0.493 e. The summed E-state index contributed by atoms with van der Waals surface area (Å²) in [6.07, 6.45) is 1.00. The molecule has 26 heavy (non-hydrogen) atoms. The standard InChI is InChI=1S/C21H28BrNO3/c1-4-25-11-5-10-23-14-18-12-20(24-3)21(13-19(18)22)26-15-17-8-6-16(2)7-9-17/h6-9,12-13,23H,4-5,10-11,14-15H2,1-3H3. The predicted octanol–water partition coefficient (Wildman–Crippen LogP) is 4.86. The number of hydrogen-bond acceptors (Lipinski definition) is 4. The molecule has 2 aromatic carbocycles. The van der Waals surface area contributed by atoms with E-state index in [9.17, 15) is 0 Å². The van der Waals surface area contributed by atoms with Gasteiger partial charge in [-0.3, -0.25) is 0 Å².